The first kappa shape index (κ1) is 54.5. The second kappa shape index (κ2) is 21.8. The molecule has 12 aromatic carbocycles. The van der Waals surface area contributed by atoms with Gasteiger partial charge in [-0.25, -0.2) is 0 Å². The second-order valence-corrected chi connectivity index (χ2v) is 21.1. The van der Waals surface area contributed by atoms with Crippen LogP contribution in [0.5, 0.6) is 11.5 Å². The van der Waals surface area contributed by atoms with E-state index in [0.29, 0.717) is 11.1 Å². The molecular formula is C68H48F6MnN2O2P-. The van der Waals surface area contributed by atoms with Crippen LogP contribution in [-0.2, 0) is 17.1 Å². The molecule has 12 aromatic rings. The van der Waals surface area contributed by atoms with Crippen LogP contribution in [-0.4, -0.2) is 22.6 Å². The van der Waals surface area contributed by atoms with Gasteiger partial charge in [-0.05, 0) is 88.6 Å². The number of halogens is 6. The minimum Gasteiger partial charge on any atom is -0.507 e. The molecule has 0 bridgehead atoms. The number of benzene rings is 12. The maximum Gasteiger partial charge on any atom is 0.132 e. The molecule has 0 saturated heterocycles. The Morgan fingerprint density at radius 3 is 0.938 bits per heavy atom. The number of phenolic OH excluding ortho intramolecular Hbond substituents is 2. The van der Waals surface area contributed by atoms with Gasteiger partial charge in [0, 0.05) is 62.9 Å². The summed E-state index contributed by atoms with van der Waals surface area (Å²) in [7, 11) is -10.7. The van der Waals surface area contributed by atoms with Crippen molar-refractivity contribution in [2.45, 2.75) is 12.1 Å². The minimum absolute atomic E-state index is 0. The maximum absolute atomic E-state index is 12.8. The van der Waals surface area contributed by atoms with Gasteiger partial charge in [-0.2, -0.15) is 0 Å². The summed E-state index contributed by atoms with van der Waals surface area (Å²) in [6.07, 6.45) is 3.64. The van der Waals surface area contributed by atoms with Crippen molar-refractivity contribution in [1.82, 2.24) is 0 Å². The predicted octanol–water partition coefficient (Wildman–Crippen LogP) is 20.8. The van der Waals surface area contributed by atoms with Crippen molar-refractivity contribution in [2.75, 3.05) is 0 Å². The summed E-state index contributed by atoms with van der Waals surface area (Å²) in [5.41, 5.74) is 10.7. The summed E-state index contributed by atoms with van der Waals surface area (Å²) in [5, 5.41) is 33.7. The van der Waals surface area contributed by atoms with Crippen LogP contribution in [0.25, 0.3) is 87.6 Å². The Kier molecular flexibility index (Phi) is 14.8. The summed E-state index contributed by atoms with van der Waals surface area (Å²) in [5.74, 6) is 0.295. The van der Waals surface area contributed by atoms with Crippen molar-refractivity contribution in [3.63, 3.8) is 0 Å². The maximum atomic E-state index is 12.8. The molecule has 2 N–H and O–H groups in total. The number of fused-ring (bicyclic) bond motifs is 4. The van der Waals surface area contributed by atoms with Crippen LogP contribution in [0.15, 0.2) is 265 Å². The molecule has 0 spiro atoms. The van der Waals surface area contributed by atoms with E-state index in [1.807, 2.05) is 97.4 Å². The first-order valence-corrected chi connectivity index (χ1v) is 27.4. The molecular weight excluding hydrogens is 1080 g/mol. The molecule has 12 rings (SSSR count). The summed E-state index contributed by atoms with van der Waals surface area (Å²) < 4.78 is 59.2. The van der Waals surface area contributed by atoms with Crippen LogP contribution in [0.1, 0.15) is 34.3 Å². The second-order valence-electron chi connectivity index (χ2n) is 19.2. The van der Waals surface area contributed by atoms with Gasteiger partial charge in [0.2, 0.25) is 0 Å². The van der Waals surface area contributed by atoms with Crippen LogP contribution >= 0.6 is 7.81 Å². The van der Waals surface area contributed by atoms with Crippen molar-refractivity contribution < 1.29 is 52.5 Å². The third-order valence-corrected chi connectivity index (χ3v) is 14.0. The molecule has 0 aliphatic carbocycles. The minimum atomic E-state index is -10.7. The SMILES string of the molecule is F[P-](F)(F)(F)(F)F.Oc1c(C=N[C@H](c2ccccc2)[C@H](N=Cc2cc3ccccc3c(-c3c(-c4ccccc4)ccc4ccccc34)c2O)c2ccccc2)cc2ccccc2c1-c1c(-c2ccccc2)ccc2ccccc12.[Mn]. The molecule has 4 nitrogen and oxygen atoms in total. The van der Waals surface area contributed by atoms with Gasteiger partial charge in [0.15, 0.2) is 0 Å². The third kappa shape index (κ3) is 12.1. The van der Waals surface area contributed by atoms with Crippen LogP contribution in [0.2, 0.25) is 0 Å². The number of nitrogens with zero attached hydrogens (tertiary/aromatic N) is 2. The smallest absolute Gasteiger partial charge is 0.132 e. The summed E-state index contributed by atoms with van der Waals surface area (Å²) in [4.78, 5) is 10.9. The molecule has 12 heteroatoms. The topological polar surface area (TPSA) is 65.2 Å². The van der Waals surface area contributed by atoms with Gasteiger partial charge in [-0.15, -0.1) is 0 Å². The van der Waals surface area contributed by atoms with E-state index in [4.69, 9.17) is 9.98 Å². The van der Waals surface area contributed by atoms with E-state index in [1.54, 1.807) is 0 Å². The summed E-state index contributed by atoms with van der Waals surface area (Å²) >= 11 is 0. The number of hydrogen-bond donors (Lipinski definition) is 2. The van der Waals surface area contributed by atoms with E-state index in [9.17, 15) is 35.4 Å². The van der Waals surface area contributed by atoms with E-state index in [0.717, 1.165) is 98.7 Å². The zero-order valence-corrected chi connectivity index (χ0v) is 44.5. The van der Waals surface area contributed by atoms with E-state index in [1.165, 1.54) is 0 Å². The van der Waals surface area contributed by atoms with Gasteiger partial charge < -0.3 is 10.2 Å². The Morgan fingerprint density at radius 1 is 0.325 bits per heavy atom. The van der Waals surface area contributed by atoms with Crippen molar-refractivity contribution in [3.8, 4) is 56.0 Å². The van der Waals surface area contributed by atoms with E-state index >= 15 is 0 Å². The quantitative estimate of drug-likeness (QED) is 0.0587. The Labute approximate surface area is 468 Å². The van der Waals surface area contributed by atoms with Gasteiger partial charge in [-0.1, -0.05) is 243 Å². The molecule has 0 amide bonds. The molecule has 0 aromatic heterocycles. The first-order chi connectivity index (χ1) is 38.0. The molecule has 2 atom stereocenters. The number of phenols is 2. The van der Waals surface area contributed by atoms with E-state index < -0.39 is 19.9 Å². The van der Waals surface area contributed by atoms with Gasteiger partial charge in [0.05, 0.1) is 0 Å². The number of aromatic hydroxyl groups is 2. The largest absolute Gasteiger partial charge is 0.507 e. The van der Waals surface area contributed by atoms with Gasteiger partial charge in [0.25, 0.3) is 0 Å². The summed E-state index contributed by atoms with van der Waals surface area (Å²) in [6.45, 7) is 0. The zero-order valence-electron chi connectivity index (χ0n) is 42.4. The van der Waals surface area contributed by atoms with Crippen LogP contribution in [0, 0.1) is 0 Å². The third-order valence-electron chi connectivity index (χ3n) is 14.0. The monoisotopic (exact) mass is 1120 g/mol. The van der Waals surface area contributed by atoms with Crippen molar-refractivity contribution in [1.29, 1.82) is 0 Å². The fraction of sp³-hybridized carbons (Fsp3) is 0.0294. The average Bonchev–Trinajstić information content (AvgIpc) is 3.63. The summed E-state index contributed by atoms with van der Waals surface area (Å²) in [6, 6.07) is 86.1. The van der Waals surface area contributed by atoms with Gasteiger partial charge in [0.1, 0.15) is 23.6 Å². The number of aliphatic imine (C=N–C) groups is 2. The molecule has 0 saturated carbocycles. The Morgan fingerprint density at radius 2 is 0.600 bits per heavy atom. The van der Waals surface area contributed by atoms with Crippen LogP contribution in [0.4, 0.5) is 25.2 Å². The van der Waals surface area contributed by atoms with Crippen LogP contribution in [0.3, 0.4) is 0 Å². The van der Waals surface area contributed by atoms with Gasteiger partial charge in [-0.3, -0.25) is 9.98 Å². The molecule has 0 fully saturated rings. The fourth-order valence-corrected chi connectivity index (χ4v) is 10.5. The van der Waals surface area contributed by atoms with Crippen molar-refractivity contribution in [3.05, 3.63) is 277 Å². The Bertz CT molecular complexity index is 4010. The first-order valence-electron chi connectivity index (χ1n) is 25.4. The molecule has 0 aliphatic rings. The zero-order chi connectivity index (χ0) is 54.8. The van der Waals surface area contributed by atoms with Gasteiger partial charge >= 0.3 is 33.0 Å². The van der Waals surface area contributed by atoms with Crippen molar-refractivity contribution >= 4 is 63.3 Å². The molecule has 0 unspecified atom stereocenters. The van der Waals surface area contributed by atoms with Crippen molar-refractivity contribution in [2.24, 2.45) is 9.98 Å². The number of rotatable bonds is 11. The average molecular weight is 1130 g/mol. The molecule has 0 heterocycles. The number of hydrogen-bond acceptors (Lipinski definition) is 4. The predicted molar refractivity (Wildman–Crippen MR) is 315 cm³/mol. The Hall–Kier alpha value is -8.85. The van der Waals surface area contributed by atoms with E-state index in [2.05, 4.69) is 170 Å². The van der Waals surface area contributed by atoms with E-state index in [-0.39, 0.29) is 28.6 Å². The normalized spacial score (nSPS) is 13.4. The van der Waals surface area contributed by atoms with Crippen LogP contribution < -0.4 is 0 Å². The standard InChI is InChI=1S/C68H48N2O2.F6P.Mn/c71-67-53(41-51-31-15-19-35-57(51)63(67)61-55-33-17-13-25-47(55)37-39-59(61)45-21-5-1-6-22-45)43-69-65(49-27-9-3-10-28-49)66(50-29-11-4-12-30-50)70-44-54-42-52-32-16-20-36-58(52)64(68(54)72)62-56-34-18-14-26-48(56)38-40-60(62)46-23-7-2-8-24-46;1-7(2,3,4,5)6;/h1-44,65-66,71-72H;;/q;-1;/t65-,66-;;/m1../s1. The molecule has 0 aliphatic heterocycles. The Balaban J connectivity index is 0.000000846. The molecule has 80 heavy (non-hydrogen) atoms. The fourth-order valence-electron chi connectivity index (χ4n) is 10.5. The molecule has 397 valence electrons. The molecule has 1 radical (unpaired) electrons.